The quantitative estimate of drug-likeness (QED) is 0.460. The topological polar surface area (TPSA) is 109 Å². The molecule has 29 heavy (non-hydrogen) atoms. The van der Waals surface area contributed by atoms with Crippen molar-refractivity contribution in [2.75, 3.05) is 0 Å². The molecule has 2 amide bonds. The maximum absolute atomic E-state index is 12.6. The lowest BCUT2D eigenvalue weighted by Crippen LogP contribution is -2.45. The van der Waals surface area contributed by atoms with Gasteiger partial charge in [0.05, 0.1) is 17.3 Å². The third-order valence-corrected chi connectivity index (χ3v) is 4.72. The molecule has 4 rings (SSSR count). The molecule has 0 aliphatic carbocycles. The SMILES string of the molecule is Cc1nc2ccccc2c(=O)n1CC(=O)NNC(=O)Cc1c[nH]c2ccccc12. The zero-order valence-electron chi connectivity index (χ0n) is 15.7. The number of fused-ring (bicyclic) bond motifs is 2. The summed E-state index contributed by atoms with van der Waals surface area (Å²) in [4.78, 5) is 44.5. The van der Waals surface area contributed by atoms with Crippen LogP contribution in [0.1, 0.15) is 11.4 Å². The number of benzene rings is 2. The number of hydrogen-bond acceptors (Lipinski definition) is 4. The molecule has 0 saturated carbocycles. The van der Waals surface area contributed by atoms with Gasteiger partial charge < -0.3 is 4.98 Å². The zero-order chi connectivity index (χ0) is 20.4. The van der Waals surface area contributed by atoms with E-state index in [9.17, 15) is 14.4 Å². The summed E-state index contributed by atoms with van der Waals surface area (Å²) >= 11 is 0. The number of carbonyl (C=O) groups excluding carboxylic acids is 2. The third-order valence-electron chi connectivity index (χ3n) is 4.72. The van der Waals surface area contributed by atoms with Crippen LogP contribution < -0.4 is 16.4 Å². The van der Waals surface area contributed by atoms with E-state index >= 15 is 0 Å². The number of rotatable bonds is 4. The van der Waals surface area contributed by atoms with Crippen molar-refractivity contribution in [3.8, 4) is 0 Å². The van der Waals surface area contributed by atoms with Gasteiger partial charge in [0.1, 0.15) is 12.4 Å². The Morgan fingerprint density at radius 1 is 1.00 bits per heavy atom. The van der Waals surface area contributed by atoms with Crippen molar-refractivity contribution in [2.45, 2.75) is 19.9 Å². The van der Waals surface area contributed by atoms with Crippen LogP contribution in [0.15, 0.2) is 59.5 Å². The molecule has 146 valence electrons. The van der Waals surface area contributed by atoms with E-state index in [-0.39, 0.29) is 24.4 Å². The molecule has 0 aliphatic rings. The molecule has 4 aromatic rings. The van der Waals surface area contributed by atoms with E-state index < -0.39 is 5.91 Å². The number of para-hydroxylation sites is 2. The largest absolute Gasteiger partial charge is 0.361 e. The first-order valence-corrected chi connectivity index (χ1v) is 9.12. The number of amides is 2. The van der Waals surface area contributed by atoms with E-state index in [1.807, 2.05) is 24.3 Å². The van der Waals surface area contributed by atoms with Crippen LogP contribution in [-0.2, 0) is 22.6 Å². The van der Waals surface area contributed by atoms with Gasteiger partial charge in [-0.25, -0.2) is 4.98 Å². The summed E-state index contributed by atoms with van der Waals surface area (Å²) in [6.45, 7) is 1.42. The van der Waals surface area contributed by atoms with Gasteiger partial charge in [0.2, 0.25) is 5.91 Å². The number of carbonyl (C=O) groups is 2. The van der Waals surface area contributed by atoms with Crippen molar-refractivity contribution < 1.29 is 9.59 Å². The van der Waals surface area contributed by atoms with Crippen LogP contribution >= 0.6 is 0 Å². The van der Waals surface area contributed by atoms with Crippen molar-refractivity contribution in [2.24, 2.45) is 0 Å². The van der Waals surface area contributed by atoms with Gasteiger partial charge >= 0.3 is 0 Å². The van der Waals surface area contributed by atoms with E-state index in [2.05, 4.69) is 20.8 Å². The second kappa shape index (κ2) is 7.59. The lowest BCUT2D eigenvalue weighted by atomic mass is 10.1. The molecule has 2 aromatic heterocycles. The third kappa shape index (κ3) is 3.73. The molecule has 2 aromatic carbocycles. The average Bonchev–Trinajstić information content (AvgIpc) is 3.12. The number of hydrogen-bond donors (Lipinski definition) is 3. The first-order valence-electron chi connectivity index (χ1n) is 9.12. The minimum absolute atomic E-state index is 0.112. The molecule has 8 heteroatoms. The van der Waals surface area contributed by atoms with E-state index in [4.69, 9.17) is 0 Å². The fourth-order valence-electron chi connectivity index (χ4n) is 3.28. The highest BCUT2D eigenvalue weighted by molar-refractivity contribution is 5.89. The molecular weight excluding hydrogens is 370 g/mol. The van der Waals surface area contributed by atoms with E-state index in [1.54, 1.807) is 37.4 Å². The summed E-state index contributed by atoms with van der Waals surface area (Å²) < 4.78 is 1.28. The smallest absolute Gasteiger partial charge is 0.261 e. The standard InChI is InChI=1S/C21H19N5O3/c1-13-23-18-9-5-3-7-16(18)21(29)26(13)12-20(28)25-24-19(27)10-14-11-22-17-8-4-2-6-15(14)17/h2-9,11,22H,10,12H2,1H3,(H,24,27)(H,25,28). The summed E-state index contributed by atoms with van der Waals surface area (Å²) in [5, 5.41) is 1.40. The average molecular weight is 389 g/mol. The molecule has 0 unspecified atom stereocenters. The Kier molecular flexibility index (Phi) is 4.82. The number of H-pyrrole nitrogens is 1. The number of aryl methyl sites for hydroxylation is 1. The molecule has 8 nitrogen and oxygen atoms in total. The molecule has 0 fully saturated rings. The summed E-state index contributed by atoms with van der Waals surface area (Å²) in [7, 11) is 0. The Balaban J connectivity index is 1.41. The minimum Gasteiger partial charge on any atom is -0.361 e. The molecule has 0 spiro atoms. The Bertz CT molecular complexity index is 1290. The van der Waals surface area contributed by atoms with Crippen LogP contribution in [0.25, 0.3) is 21.8 Å². The van der Waals surface area contributed by atoms with Crippen molar-refractivity contribution in [3.63, 3.8) is 0 Å². The second-order valence-corrected chi connectivity index (χ2v) is 6.70. The fraction of sp³-hybridized carbons (Fsp3) is 0.143. The summed E-state index contributed by atoms with van der Waals surface area (Å²) in [6, 6.07) is 14.6. The molecular formula is C21H19N5O3. The normalized spacial score (nSPS) is 10.9. The number of nitrogens with one attached hydrogen (secondary N) is 3. The predicted octanol–water partition coefficient (Wildman–Crippen LogP) is 1.58. The minimum atomic E-state index is -0.514. The number of nitrogens with zero attached hydrogens (tertiary/aromatic N) is 2. The van der Waals surface area contributed by atoms with E-state index in [1.165, 1.54) is 4.57 Å². The van der Waals surface area contributed by atoms with Gasteiger partial charge in [0, 0.05) is 17.1 Å². The molecule has 0 radical (unpaired) electrons. The molecule has 3 N–H and O–H groups in total. The lowest BCUT2D eigenvalue weighted by molar-refractivity contribution is -0.128. The highest BCUT2D eigenvalue weighted by Gasteiger charge is 2.13. The van der Waals surface area contributed by atoms with Crippen LogP contribution in [0.3, 0.4) is 0 Å². The second-order valence-electron chi connectivity index (χ2n) is 6.70. The number of hydrazine groups is 1. The predicted molar refractivity (Wildman–Crippen MR) is 109 cm³/mol. The highest BCUT2D eigenvalue weighted by atomic mass is 16.2. The van der Waals surface area contributed by atoms with Gasteiger partial charge in [0.25, 0.3) is 11.5 Å². The van der Waals surface area contributed by atoms with Gasteiger partial charge in [-0.2, -0.15) is 0 Å². The summed E-state index contributed by atoms with van der Waals surface area (Å²) in [5.41, 5.74) is 6.81. The van der Waals surface area contributed by atoms with Crippen LogP contribution in [0.5, 0.6) is 0 Å². The molecule has 0 saturated heterocycles. The molecule has 2 heterocycles. The first kappa shape index (κ1) is 18.4. The highest BCUT2D eigenvalue weighted by Crippen LogP contribution is 2.17. The van der Waals surface area contributed by atoms with Crippen molar-refractivity contribution in [1.29, 1.82) is 0 Å². The van der Waals surface area contributed by atoms with Crippen LogP contribution in [0, 0.1) is 6.92 Å². The van der Waals surface area contributed by atoms with Gasteiger partial charge in [-0.1, -0.05) is 30.3 Å². The van der Waals surface area contributed by atoms with Crippen LogP contribution in [0.4, 0.5) is 0 Å². The van der Waals surface area contributed by atoms with E-state index in [0.29, 0.717) is 16.7 Å². The Hall–Kier alpha value is -3.94. The first-order chi connectivity index (χ1) is 14.0. The fourth-order valence-corrected chi connectivity index (χ4v) is 3.28. The summed E-state index contributed by atoms with van der Waals surface area (Å²) in [5.74, 6) is -0.447. The van der Waals surface area contributed by atoms with E-state index in [0.717, 1.165) is 16.5 Å². The van der Waals surface area contributed by atoms with Crippen molar-refractivity contribution in [3.05, 3.63) is 76.5 Å². The van der Waals surface area contributed by atoms with Crippen molar-refractivity contribution in [1.82, 2.24) is 25.4 Å². The summed E-state index contributed by atoms with van der Waals surface area (Å²) in [6.07, 6.45) is 1.89. The van der Waals surface area contributed by atoms with Crippen molar-refractivity contribution >= 4 is 33.6 Å². The number of aromatic amines is 1. The maximum Gasteiger partial charge on any atom is 0.261 e. The van der Waals surface area contributed by atoms with Crippen LogP contribution in [0.2, 0.25) is 0 Å². The van der Waals surface area contributed by atoms with Gasteiger partial charge in [-0.05, 0) is 30.7 Å². The maximum atomic E-state index is 12.6. The number of aromatic nitrogens is 3. The Morgan fingerprint density at radius 3 is 2.52 bits per heavy atom. The van der Waals surface area contributed by atoms with Gasteiger partial charge in [-0.3, -0.25) is 29.8 Å². The molecule has 0 atom stereocenters. The van der Waals surface area contributed by atoms with Crippen LogP contribution in [-0.4, -0.2) is 26.3 Å². The zero-order valence-corrected chi connectivity index (χ0v) is 15.7. The van der Waals surface area contributed by atoms with Gasteiger partial charge in [-0.15, -0.1) is 0 Å². The lowest BCUT2D eigenvalue weighted by Gasteiger charge is -2.11. The Morgan fingerprint density at radius 2 is 1.69 bits per heavy atom. The molecule has 0 aliphatic heterocycles. The monoisotopic (exact) mass is 389 g/mol. The Labute approximate surface area is 165 Å². The van der Waals surface area contributed by atoms with Gasteiger partial charge in [0.15, 0.2) is 0 Å². The molecule has 0 bridgehead atoms.